The van der Waals surface area contributed by atoms with Crippen molar-refractivity contribution >= 4 is 33.0 Å². The molecule has 0 aliphatic rings. The van der Waals surface area contributed by atoms with E-state index in [0.717, 1.165) is 22.3 Å². The van der Waals surface area contributed by atoms with E-state index in [4.69, 9.17) is 4.98 Å². The van der Waals surface area contributed by atoms with Gasteiger partial charge in [-0.3, -0.25) is 4.79 Å². The molecule has 0 amide bonds. The molecule has 0 bridgehead atoms. The van der Waals surface area contributed by atoms with Crippen LogP contribution < -0.4 is 5.56 Å². The summed E-state index contributed by atoms with van der Waals surface area (Å²) in [5.74, 6) is 0.773. The molecule has 2 aromatic carbocycles. The smallest absolute Gasteiger partial charge is 0.282 e. The third-order valence-electron chi connectivity index (χ3n) is 5.01. The van der Waals surface area contributed by atoms with Gasteiger partial charge in [0.1, 0.15) is 5.82 Å². The standard InChI is InChI=1S/C23H21BrN4O/c1-3-16(2)22-26-21-12-11-17(24)14-20(21)23(29)28(22)25-15-19-10-7-13-27(19)18-8-5-4-6-9-18/h4-16H,3H2,1-2H3/t16-/m1/s1. The number of hydrogen-bond donors (Lipinski definition) is 0. The molecule has 0 fully saturated rings. The molecule has 146 valence electrons. The lowest BCUT2D eigenvalue weighted by atomic mass is 10.1. The lowest BCUT2D eigenvalue weighted by Gasteiger charge is -2.14. The van der Waals surface area contributed by atoms with Crippen LogP contribution in [0.1, 0.15) is 37.7 Å². The van der Waals surface area contributed by atoms with Crippen molar-refractivity contribution in [3.05, 3.63) is 93.2 Å². The van der Waals surface area contributed by atoms with Gasteiger partial charge in [-0.05, 0) is 48.9 Å². The Hall–Kier alpha value is -2.99. The SMILES string of the molecule is CC[C@@H](C)c1nc2ccc(Br)cc2c(=O)n1N=Cc1cccn1-c1ccccc1. The van der Waals surface area contributed by atoms with Crippen LogP contribution in [-0.2, 0) is 0 Å². The average molecular weight is 449 g/mol. The fourth-order valence-corrected chi connectivity index (χ4v) is 3.58. The fourth-order valence-electron chi connectivity index (χ4n) is 3.22. The number of para-hydroxylation sites is 1. The summed E-state index contributed by atoms with van der Waals surface area (Å²) in [5, 5.41) is 5.11. The number of fused-ring (bicyclic) bond motifs is 1. The first-order chi connectivity index (χ1) is 14.1. The van der Waals surface area contributed by atoms with Crippen molar-refractivity contribution in [2.24, 2.45) is 5.10 Å². The zero-order valence-electron chi connectivity index (χ0n) is 16.3. The molecule has 0 aliphatic heterocycles. The van der Waals surface area contributed by atoms with Crippen molar-refractivity contribution in [2.45, 2.75) is 26.2 Å². The Kier molecular flexibility index (Phi) is 5.45. The molecular weight excluding hydrogens is 428 g/mol. The summed E-state index contributed by atoms with van der Waals surface area (Å²) in [7, 11) is 0. The number of benzene rings is 2. The average Bonchev–Trinajstić information content (AvgIpc) is 3.22. The monoisotopic (exact) mass is 448 g/mol. The quantitative estimate of drug-likeness (QED) is 0.386. The molecule has 6 heteroatoms. The van der Waals surface area contributed by atoms with E-state index in [1.165, 1.54) is 4.68 Å². The minimum absolute atomic E-state index is 0.105. The van der Waals surface area contributed by atoms with Gasteiger partial charge in [-0.15, -0.1) is 0 Å². The van der Waals surface area contributed by atoms with Crippen molar-refractivity contribution in [1.82, 2.24) is 14.2 Å². The summed E-state index contributed by atoms with van der Waals surface area (Å²) in [6.07, 6.45) is 4.56. The predicted molar refractivity (Wildman–Crippen MR) is 121 cm³/mol. The molecule has 29 heavy (non-hydrogen) atoms. The zero-order valence-corrected chi connectivity index (χ0v) is 17.9. The Morgan fingerprint density at radius 1 is 1.14 bits per heavy atom. The second kappa shape index (κ2) is 8.17. The van der Waals surface area contributed by atoms with Crippen LogP contribution in [0.5, 0.6) is 0 Å². The van der Waals surface area contributed by atoms with Crippen LogP contribution in [-0.4, -0.2) is 20.4 Å². The Morgan fingerprint density at radius 2 is 1.93 bits per heavy atom. The summed E-state index contributed by atoms with van der Waals surface area (Å²) in [5.41, 5.74) is 2.44. The van der Waals surface area contributed by atoms with Gasteiger partial charge in [-0.25, -0.2) is 4.98 Å². The molecule has 0 saturated heterocycles. The van der Waals surface area contributed by atoms with Gasteiger partial charge in [-0.2, -0.15) is 9.78 Å². The maximum absolute atomic E-state index is 13.2. The third kappa shape index (κ3) is 3.80. The topological polar surface area (TPSA) is 52.2 Å². The molecule has 2 heterocycles. The molecule has 0 spiro atoms. The summed E-state index contributed by atoms with van der Waals surface area (Å²) in [6, 6.07) is 19.5. The lowest BCUT2D eigenvalue weighted by molar-refractivity contribution is 0.613. The Morgan fingerprint density at radius 3 is 2.69 bits per heavy atom. The van der Waals surface area contributed by atoms with E-state index < -0.39 is 0 Å². The van der Waals surface area contributed by atoms with Crippen molar-refractivity contribution in [3.8, 4) is 5.69 Å². The molecule has 0 saturated carbocycles. The number of nitrogens with zero attached hydrogens (tertiary/aromatic N) is 4. The van der Waals surface area contributed by atoms with E-state index in [1.54, 1.807) is 12.3 Å². The van der Waals surface area contributed by atoms with E-state index in [0.29, 0.717) is 16.7 Å². The zero-order chi connectivity index (χ0) is 20.4. The maximum Gasteiger partial charge on any atom is 0.282 e. The minimum atomic E-state index is -0.166. The largest absolute Gasteiger partial charge is 0.316 e. The molecule has 2 aromatic heterocycles. The molecule has 1 atom stereocenters. The van der Waals surface area contributed by atoms with Crippen LogP contribution in [0.25, 0.3) is 16.6 Å². The highest BCUT2D eigenvalue weighted by Crippen LogP contribution is 2.21. The van der Waals surface area contributed by atoms with Crippen LogP contribution in [0.15, 0.2) is 81.2 Å². The number of hydrogen-bond acceptors (Lipinski definition) is 3. The first kappa shape index (κ1) is 19.3. The van der Waals surface area contributed by atoms with Gasteiger partial charge >= 0.3 is 0 Å². The molecule has 4 rings (SSSR count). The Bertz CT molecular complexity index is 1240. The number of aromatic nitrogens is 3. The summed E-state index contributed by atoms with van der Waals surface area (Å²) in [6.45, 7) is 4.14. The van der Waals surface area contributed by atoms with Crippen molar-refractivity contribution in [2.75, 3.05) is 0 Å². The van der Waals surface area contributed by atoms with Gasteiger partial charge in [0.2, 0.25) is 0 Å². The van der Waals surface area contributed by atoms with Crippen LogP contribution in [0.2, 0.25) is 0 Å². The van der Waals surface area contributed by atoms with Crippen LogP contribution >= 0.6 is 15.9 Å². The second-order valence-corrected chi connectivity index (χ2v) is 7.86. The van der Waals surface area contributed by atoms with E-state index in [2.05, 4.69) is 34.9 Å². The molecule has 0 N–H and O–H groups in total. The van der Waals surface area contributed by atoms with Crippen LogP contribution in [0, 0.1) is 0 Å². The minimum Gasteiger partial charge on any atom is -0.316 e. The molecule has 0 aliphatic carbocycles. The predicted octanol–water partition coefficient (Wildman–Crippen LogP) is 5.35. The molecule has 4 aromatic rings. The highest BCUT2D eigenvalue weighted by Gasteiger charge is 2.15. The fraction of sp³-hybridized carbons (Fsp3) is 0.174. The van der Waals surface area contributed by atoms with Crippen LogP contribution in [0.3, 0.4) is 0 Å². The highest BCUT2D eigenvalue weighted by atomic mass is 79.9. The first-order valence-corrected chi connectivity index (χ1v) is 10.4. The van der Waals surface area contributed by atoms with Crippen molar-refractivity contribution in [3.63, 3.8) is 0 Å². The van der Waals surface area contributed by atoms with Gasteiger partial charge in [0, 0.05) is 22.3 Å². The van der Waals surface area contributed by atoms with Crippen molar-refractivity contribution in [1.29, 1.82) is 0 Å². The number of rotatable bonds is 5. The summed E-state index contributed by atoms with van der Waals surface area (Å²) in [4.78, 5) is 18.0. The van der Waals surface area contributed by atoms with Gasteiger partial charge in [0.15, 0.2) is 0 Å². The van der Waals surface area contributed by atoms with E-state index in [-0.39, 0.29) is 11.5 Å². The van der Waals surface area contributed by atoms with Crippen molar-refractivity contribution < 1.29 is 0 Å². The van der Waals surface area contributed by atoms with E-state index in [1.807, 2.05) is 65.4 Å². The summed E-state index contributed by atoms with van der Waals surface area (Å²) >= 11 is 3.44. The summed E-state index contributed by atoms with van der Waals surface area (Å²) < 4.78 is 4.31. The number of halogens is 1. The van der Waals surface area contributed by atoms with E-state index in [9.17, 15) is 4.79 Å². The first-order valence-electron chi connectivity index (χ1n) is 9.58. The third-order valence-corrected chi connectivity index (χ3v) is 5.50. The van der Waals surface area contributed by atoms with Gasteiger partial charge in [0.05, 0.1) is 22.8 Å². The van der Waals surface area contributed by atoms with Gasteiger partial charge in [0.25, 0.3) is 5.56 Å². The highest BCUT2D eigenvalue weighted by molar-refractivity contribution is 9.10. The molecule has 0 unspecified atom stereocenters. The normalized spacial score (nSPS) is 12.7. The molecule has 0 radical (unpaired) electrons. The van der Waals surface area contributed by atoms with E-state index >= 15 is 0 Å². The molecule has 5 nitrogen and oxygen atoms in total. The Labute approximate surface area is 177 Å². The van der Waals surface area contributed by atoms with Gasteiger partial charge in [-0.1, -0.05) is 48.0 Å². The Balaban J connectivity index is 1.85. The maximum atomic E-state index is 13.2. The van der Waals surface area contributed by atoms with Crippen LogP contribution in [0.4, 0.5) is 0 Å². The molecular formula is C23H21BrN4O. The van der Waals surface area contributed by atoms with Gasteiger partial charge < -0.3 is 4.57 Å². The second-order valence-electron chi connectivity index (χ2n) is 6.94. The lowest BCUT2D eigenvalue weighted by Crippen LogP contribution is -2.23.